The second-order valence-electron chi connectivity index (χ2n) is 3.19. The van der Waals surface area contributed by atoms with Gasteiger partial charge in [0.1, 0.15) is 0 Å². The van der Waals surface area contributed by atoms with E-state index in [2.05, 4.69) is 16.9 Å². The average Bonchev–Trinajstić information content (AvgIpc) is 1.88. The number of hydrogen-bond acceptors (Lipinski definition) is 1. The molecular formula is C8H17IN-. The van der Waals surface area contributed by atoms with Crippen LogP contribution in [-0.4, -0.2) is 34.4 Å². The van der Waals surface area contributed by atoms with Crippen LogP contribution in [0, 0.1) is 5.92 Å². The molecule has 1 aliphatic heterocycles. The van der Waals surface area contributed by atoms with Crippen LogP contribution in [0.4, 0.5) is 0 Å². The van der Waals surface area contributed by atoms with Crippen LogP contribution in [0.1, 0.15) is 12.8 Å². The molecule has 0 saturated carbocycles. The Balaban J connectivity index is 2.18. The quantitative estimate of drug-likeness (QED) is 0.409. The predicted octanol–water partition coefficient (Wildman–Crippen LogP) is -1.95. The molecule has 1 saturated heterocycles. The van der Waals surface area contributed by atoms with Crippen molar-refractivity contribution in [3.8, 4) is 0 Å². The monoisotopic (exact) mass is 254 g/mol. The molecule has 0 aromatic heterocycles. The Bertz CT molecular complexity index is 93.3. The van der Waals surface area contributed by atoms with E-state index in [1.807, 2.05) is 0 Å². The van der Waals surface area contributed by atoms with Gasteiger partial charge < -0.3 is 0 Å². The number of likely N-dealkylation sites (tertiary alicyclic amines) is 1. The van der Waals surface area contributed by atoms with E-state index in [1.54, 1.807) is 4.43 Å². The van der Waals surface area contributed by atoms with Crippen molar-refractivity contribution in [2.24, 2.45) is 5.92 Å². The molecule has 0 radical (unpaired) electrons. The van der Waals surface area contributed by atoms with E-state index >= 15 is 0 Å². The van der Waals surface area contributed by atoms with Crippen LogP contribution >= 0.6 is 0 Å². The Labute approximate surface area is 74.4 Å². The summed E-state index contributed by atoms with van der Waals surface area (Å²) >= 11 is 0.536. The molecule has 0 spiro atoms. The molecule has 0 aromatic rings. The standard InChI is InChI=1S/C8H17IN/c1-9-6-8-4-3-5-10(2)7-8/h8H,3-7H2,1-2H3/q-1. The molecule has 10 heavy (non-hydrogen) atoms. The van der Waals surface area contributed by atoms with E-state index < -0.39 is 0 Å². The van der Waals surface area contributed by atoms with Crippen molar-refractivity contribution in [2.45, 2.75) is 12.8 Å². The first-order chi connectivity index (χ1) is 4.83. The number of nitrogens with zero attached hydrogens (tertiary/aromatic N) is 1. The van der Waals surface area contributed by atoms with Crippen molar-refractivity contribution in [2.75, 3.05) is 29.5 Å². The zero-order chi connectivity index (χ0) is 7.40. The maximum atomic E-state index is 2.48. The minimum atomic E-state index is 0.536. The molecule has 0 N–H and O–H groups in total. The first kappa shape index (κ1) is 8.78. The van der Waals surface area contributed by atoms with Crippen LogP contribution in [-0.2, 0) is 0 Å². The second-order valence-corrected chi connectivity index (χ2v) is 5.60. The van der Waals surface area contributed by atoms with Crippen molar-refractivity contribution in [3.63, 3.8) is 0 Å². The topological polar surface area (TPSA) is 3.24 Å². The Hall–Kier alpha value is 0.690. The Morgan fingerprint density at radius 2 is 2.40 bits per heavy atom. The number of piperidine rings is 1. The van der Waals surface area contributed by atoms with Gasteiger partial charge in [-0.3, -0.25) is 0 Å². The van der Waals surface area contributed by atoms with Crippen LogP contribution in [0.25, 0.3) is 0 Å². The van der Waals surface area contributed by atoms with E-state index in [1.165, 1.54) is 25.9 Å². The van der Waals surface area contributed by atoms with Crippen LogP contribution in [0.15, 0.2) is 0 Å². The predicted molar refractivity (Wildman–Crippen MR) is 41.0 cm³/mol. The SMILES string of the molecule is C[I-]CC1CCCN(C)C1. The number of alkyl halides is 2. The van der Waals surface area contributed by atoms with Gasteiger partial charge in [-0.2, -0.15) is 0 Å². The molecule has 0 aromatic carbocycles. The third kappa shape index (κ3) is 2.74. The van der Waals surface area contributed by atoms with E-state index in [0.717, 1.165) is 5.92 Å². The first-order valence-corrected chi connectivity index (χ1v) is 7.63. The molecule has 1 fully saturated rings. The zero-order valence-electron chi connectivity index (χ0n) is 6.94. The van der Waals surface area contributed by atoms with Gasteiger partial charge in [0, 0.05) is 0 Å². The van der Waals surface area contributed by atoms with Crippen molar-refractivity contribution in [1.29, 1.82) is 0 Å². The molecule has 0 amide bonds. The molecule has 1 rings (SSSR count). The van der Waals surface area contributed by atoms with Gasteiger partial charge in [-0.15, -0.1) is 0 Å². The molecule has 1 atom stereocenters. The zero-order valence-corrected chi connectivity index (χ0v) is 9.10. The fourth-order valence-corrected chi connectivity index (χ4v) is 3.58. The van der Waals surface area contributed by atoms with Crippen LogP contribution < -0.4 is 21.2 Å². The fourth-order valence-electron chi connectivity index (χ4n) is 1.62. The summed E-state index contributed by atoms with van der Waals surface area (Å²) in [5.74, 6) is 1.05. The summed E-state index contributed by atoms with van der Waals surface area (Å²) in [6.45, 7) is 2.70. The summed E-state index contributed by atoms with van der Waals surface area (Å²) < 4.78 is 1.54. The third-order valence-corrected chi connectivity index (χ3v) is 4.22. The maximum absolute atomic E-state index is 2.48. The number of rotatable bonds is 2. The van der Waals surface area contributed by atoms with Gasteiger partial charge >= 0.3 is 74.4 Å². The number of hydrogen-bond donors (Lipinski definition) is 0. The van der Waals surface area contributed by atoms with Crippen LogP contribution in [0.2, 0.25) is 0 Å². The van der Waals surface area contributed by atoms with E-state index in [4.69, 9.17) is 0 Å². The second kappa shape index (κ2) is 4.54. The van der Waals surface area contributed by atoms with Gasteiger partial charge in [-0.05, 0) is 0 Å². The summed E-state index contributed by atoms with van der Waals surface area (Å²) in [7, 11) is 2.25. The summed E-state index contributed by atoms with van der Waals surface area (Å²) in [5.41, 5.74) is 0. The minimum absolute atomic E-state index is 0.536. The van der Waals surface area contributed by atoms with Crippen LogP contribution in [0.3, 0.4) is 0 Å². The van der Waals surface area contributed by atoms with Gasteiger partial charge in [-0.1, -0.05) is 0 Å². The normalized spacial score (nSPS) is 29.2. The molecule has 2 heteroatoms. The molecule has 0 bridgehead atoms. The Kier molecular flexibility index (Phi) is 3.99. The van der Waals surface area contributed by atoms with Gasteiger partial charge in [0.2, 0.25) is 0 Å². The molecule has 0 aliphatic carbocycles. The third-order valence-electron chi connectivity index (χ3n) is 2.09. The van der Waals surface area contributed by atoms with Crippen molar-refractivity contribution in [3.05, 3.63) is 0 Å². The summed E-state index contributed by atoms with van der Waals surface area (Å²) in [6, 6.07) is 0. The van der Waals surface area contributed by atoms with Crippen LogP contribution in [0.5, 0.6) is 0 Å². The fraction of sp³-hybridized carbons (Fsp3) is 1.00. The molecule has 1 heterocycles. The summed E-state index contributed by atoms with van der Waals surface area (Å²) in [6.07, 6.45) is 2.93. The Morgan fingerprint density at radius 3 is 3.00 bits per heavy atom. The molecule has 1 unspecified atom stereocenters. The summed E-state index contributed by atoms with van der Waals surface area (Å²) in [5, 5.41) is 0. The first-order valence-electron chi connectivity index (χ1n) is 3.95. The Morgan fingerprint density at radius 1 is 1.60 bits per heavy atom. The molecule has 62 valence electrons. The van der Waals surface area contributed by atoms with Gasteiger partial charge in [0.25, 0.3) is 0 Å². The van der Waals surface area contributed by atoms with Gasteiger partial charge in [0.05, 0.1) is 0 Å². The van der Waals surface area contributed by atoms with Crippen molar-refractivity contribution >= 4 is 0 Å². The average molecular weight is 254 g/mol. The van der Waals surface area contributed by atoms with Crippen molar-refractivity contribution in [1.82, 2.24) is 4.90 Å². The summed E-state index contributed by atoms with van der Waals surface area (Å²) in [4.78, 5) is 4.88. The van der Waals surface area contributed by atoms with E-state index in [9.17, 15) is 0 Å². The van der Waals surface area contributed by atoms with Gasteiger partial charge in [0.15, 0.2) is 0 Å². The van der Waals surface area contributed by atoms with E-state index in [-0.39, 0.29) is 0 Å². The number of halogens is 1. The van der Waals surface area contributed by atoms with Gasteiger partial charge in [-0.25, -0.2) is 0 Å². The van der Waals surface area contributed by atoms with E-state index in [0.29, 0.717) is 21.2 Å². The molecule has 1 nitrogen and oxygen atoms in total. The molecular weight excluding hydrogens is 237 g/mol. The van der Waals surface area contributed by atoms with Crippen molar-refractivity contribution < 1.29 is 21.2 Å². The molecule has 1 aliphatic rings.